The number of hydrogen-bond acceptors (Lipinski definition) is 7. The summed E-state index contributed by atoms with van der Waals surface area (Å²) in [6, 6.07) is 25.4. The lowest BCUT2D eigenvalue weighted by molar-refractivity contribution is -0.276. The second kappa shape index (κ2) is 18.1. The maximum absolute atomic E-state index is 12.4. The fourth-order valence-electron chi connectivity index (χ4n) is 5.88. The molecule has 4 N–H and O–H groups in total. The number of carbonyl (C=O) groups excluding carboxylic acids is 2. The third kappa shape index (κ3) is 10.7. The molecule has 0 saturated carbocycles. The van der Waals surface area contributed by atoms with E-state index in [9.17, 15) is 19.8 Å². The van der Waals surface area contributed by atoms with Crippen LogP contribution < -0.4 is 10.6 Å². The van der Waals surface area contributed by atoms with Crippen LogP contribution >= 0.6 is 0 Å². The molecule has 0 aromatic heterocycles. The van der Waals surface area contributed by atoms with Crippen molar-refractivity contribution in [3.8, 4) is 0 Å². The first-order valence-corrected chi connectivity index (χ1v) is 16.7. The number of likely N-dealkylation sites (N-methyl/N-ethyl adjacent to an activating group) is 1. The van der Waals surface area contributed by atoms with Crippen molar-refractivity contribution in [3.05, 3.63) is 107 Å². The molecule has 254 valence electrons. The molecule has 1 saturated heterocycles. The van der Waals surface area contributed by atoms with E-state index in [0.29, 0.717) is 26.1 Å². The van der Waals surface area contributed by atoms with Crippen LogP contribution in [0.15, 0.2) is 78.9 Å². The average Bonchev–Trinajstić information content (AvgIpc) is 3.09. The quantitative estimate of drug-likeness (QED) is 0.155. The van der Waals surface area contributed by atoms with E-state index in [1.165, 1.54) is 6.92 Å². The van der Waals surface area contributed by atoms with Crippen molar-refractivity contribution in [3.63, 3.8) is 0 Å². The van der Waals surface area contributed by atoms with E-state index in [-0.39, 0.29) is 42.6 Å². The molecule has 47 heavy (non-hydrogen) atoms. The number of ether oxygens (including phenoxy) is 2. The van der Waals surface area contributed by atoms with Gasteiger partial charge in [-0.25, -0.2) is 0 Å². The number of hydrogen-bond donors (Lipinski definition) is 4. The van der Waals surface area contributed by atoms with Gasteiger partial charge in [-0.1, -0.05) is 92.2 Å². The van der Waals surface area contributed by atoms with Crippen molar-refractivity contribution in [2.45, 2.75) is 90.2 Å². The van der Waals surface area contributed by atoms with Gasteiger partial charge in [0.25, 0.3) is 0 Å². The number of benzene rings is 3. The number of rotatable bonds is 16. The molecule has 1 heterocycles. The Morgan fingerprint density at radius 3 is 2.19 bits per heavy atom. The fourth-order valence-corrected chi connectivity index (χ4v) is 5.88. The van der Waals surface area contributed by atoms with Crippen LogP contribution in [0.3, 0.4) is 0 Å². The van der Waals surface area contributed by atoms with E-state index in [4.69, 9.17) is 9.47 Å². The van der Waals surface area contributed by atoms with Crippen LogP contribution in [0.4, 0.5) is 0 Å². The third-order valence-electron chi connectivity index (χ3n) is 9.08. The number of nitrogens with one attached hydrogen (secondary N) is 2. The Kier molecular flexibility index (Phi) is 13.9. The number of carbonyl (C=O) groups is 2. The van der Waals surface area contributed by atoms with Crippen molar-refractivity contribution >= 4 is 11.8 Å². The highest BCUT2D eigenvalue weighted by molar-refractivity contribution is 5.75. The number of unbranched alkanes of at least 4 members (excludes halogenated alkanes) is 2. The van der Waals surface area contributed by atoms with Gasteiger partial charge in [0.05, 0.1) is 24.9 Å². The van der Waals surface area contributed by atoms with E-state index in [1.807, 2.05) is 92.8 Å². The summed E-state index contributed by atoms with van der Waals surface area (Å²) in [6.07, 6.45) is 1.30. The Bertz CT molecular complexity index is 1380. The summed E-state index contributed by atoms with van der Waals surface area (Å²) < 4.78 is 13.2. The molecule has 6 atom stereocenters. The molecule has 9 nitrogen and oxygen atoms in total. The predicted molar refractivity (Wildman–Crippen MR) is 182 cm³/mol. The lowest BCUT2D eigenvalue weighted by Gasteiger charge is -2.43. The molecular weight excluding hydrogens is 594 g/mol. The molecule has 0 aliphatic carbocycles. The molecule has 3 aromatic carbocycles. The highest BCUT2D eigenvalue weighted by Gasteiger charge is 2.39. The minimum Gasteiger partial charge on any atom is -0.392 e. The third-order valence-corrected chi connectivity index (χ3v) is 9.08. The summed E-state index contributed by atoms with van der Waals surface area (Å²) in [5.74, 6) is -0.0135. The average molecular weight is 646 g/mol. The summed E-state index contributed by atoms with van der Waals surface area (Å²) >= 11 is 0. The van der Waals surface area contributed by atoms with E-state index in [2.05, 4.69) is 22.5 Å². The molecule has 0 unspecified atom stereocenters. The van der Waals surface area contributed by atoms with Crippen molar-refractivity contribution in [1.82, 2.24) is 15.5 Å². The number of nitrogens with zero attached hydrogens (tertiary/aromatic N) is 1. The highest BCUT2D eigenvalue weighted by Crippen LogP contribution is 2.42. The van der Waals surface area contributed by atoms with Crippen LogP contribution in [0.1, 0.15) is 92.8 Å². The normalized spacial score (nSPS) is 20.8. The Hall–Kier alpha value is -3.60. The van der Waals surface area contributed by atoms with Crippen molar-refractivity contribution in [1.29, 1.82) is 0 Å². The lowest BCUT2D eigenvalue weighted by Crippen LogP contribution is -2.46. The van der Waals surface area contributed by atoms with Crippen molar-refractivity contribution < 1.29 is 29.3 Å². The summed E-state index contributed by atoms with van der Waals surface area (Å²) in [5.41, 5.74) is 4.60. The molecule has 9 heteroatoms. The molecule has 1 fully saturated rings. The Morgan fingerprint density at radius 1 is 0.872 bits per heavy atom. The SMILES string of the molecule is CC(=O)NCCCCCC(=O)NCc1ccc([C@@H]2O[C@H](CN(C)[C@H](C)[C@@H](O)c3ccccc3)[C@H](C)[C@H](c3ccc(CO)cc3)O2)cc1. The summed E-state index contributed by atoms with van der Waals surface area (Å²) in [4.78, 5) is 25.4. The maximum Gasteiger partial charge on any atom is 0.220 e. The molecule has 4 rings (SSSR count). The minimum atomic E-state index is -0.642. The smallest absolute Gasteiger partial charge is 0.220 e. The van der Waals surface area contributed by atoms with E-state index >= 15 is 0 Å². The van der Waals surface area contributed by atoms with Gasteiger partial charge in [-0.15, -0.1) is 0 Å². The Balaban J connectivity index is 1.40. The first-order valence-electron chi connectivity index (χ1n) is 16.7. The lowest BCUT2D eigenvalue weighted by atomic mass is 9.89. The molecule has 1 aliphatic heterocycles. The fraction of sp³-hybridized carbons (Fsp3) is 0.474. The van der Waals surface area contributed by atoms with Gasteiger partial charge in [0.1, 0.15) is 0 Å². The topological polar surface area (TPSA) is 120 Å². The van der Waals surface area contributed by atoms with Crippen LogP contribution in [0.5, 0.6) is 0 Å². The number of aliphatic hydroxyl groups excluding tert-OH is 2. The van der Waals surface area contributed by atoms with Crippen LogP contribution in [-0.4, -0.2) is 59.2 Å². The van der Waals surface area contributed by atoms with Gasteiger partial charge < -0.3 is 30.3 Å². The zero-order chi connectivity index (χ0) is 33.8. The van der Waals surface area contributed by atoms with Crippen LogP contribution in [0, 0.1) is 5.92 Å². The van der Waals surface area contributed by atoms with Gasteiger partial charge in [0.15, 0.2) is 6.29 Å². The van der Waals surface area contributed by atoms with Gasteiger partial charge in [-0.05, 0) is 49.1 Å². The summed E-state index contributed by atoms with van der Waals surface area (Å²) in [7, 11) is 2.01. The van der Waals surface area contributed by atoms with Gasteiger partial charge >= 0.3 is 0 Å². The maximum atomic E-state index is 12.4. The second-order valence-corrected chi connectivity index (χ2v) is 12.7. The molecule has 2 amide bonds. The van der Waals surface area contributed by atoms with Gasteiger partial charge in [-0.2, -0.15) is 0 Å². The second-order valence-electron chi connectivity index (χ2n) is 12.7. The van der Waals surface area contributed by atoms with Gasteiger partial charge in [0.2, 0.25) is 11.8 Å². The summed E-state index contributed by atoms with van der Waals surface area (Å²) in [6.45, 7) is 7.31. The first-order chi connectivity index (χ1) is 22.7. The van der Waals surface area contributed by atoms with Crippen molar-refractivity contribution in [2.24, 2.45) is 5.92 Å². The van der Waals surface area contributed by atoms with Gasteiger partial charge in [-0.3, -0.25) is 14.5 Å². The van der Waals surface area contributed by atoms with Crippen LogP contribution in [-0.2, 0) is 32.2 Å². The van der Waals surface area contributed by atoms with E-state index in [0.717, 1.165) is 47.1 Å². The van der Waals surface area contributed by atoms with E-state index < -0.39 is 12.4 Å². The molecule has 0 spiro atoms. The molecular formula is C38H51N3O6. The first kappa shape index (κ1) is 36.2. The largest absolute Gasteiger partial charge is 0.392 e. The highest BCUT2D eigenvalue weighted by atomic mass is 16.7. The number of aliphatic hydroxyl groups is 2. The summed E-state index contributed by atoms with van der Waals surface area (Å²) in [5, 5.41) is 26.4. The van der Waals surface area contributed by atoms with Crippen molar-refractivity contribution in [2.75, 3.05) is 20.1 Å². The number of amides is 2. The van der Waals surface area contributed by atoms with Crippen LogP contribution in [0.25, 0.3) is 0 Å². The molecule has 0 bridgehead atoms. The molecule has 1 aliphatic rings. The standard InChI is InChI=1S/C38H51N3O6/c1-26-34(24-41(4)27(2)36(45)31-11-7-5-8-12-31)46-38(47-37(26)32-18-16-30(25-42)17-19-32)33-20-14-29(15-21-33)23-40-35(44)13-9-6-10-22-39-28(3)43/h5,7-8,11-12,14-21,26-27,34,36-38,42,45H,6,9-10,13,22-25H2,1-4H3,(H,39,43)(H,40,44)/t26-,27+,34+,36+,37+,38+/m0/s1. The monoisotopic (exact) mass is 645 g/mol. The molecule has 3 aromatic rings. The van der Waals surface area contributed by atoms with E-state index in [1.54, 1.807) is 0 Å². The predicted octanol–water partition coefficient (Wildman–Crippen LogP) is 5.34. The molecule has 0 radical (unpaired) electrons. The van der Waals surface area contributed by atoms with Gasteiger partial charge in [0, 0.05) is 50.5 Å². The zero-order valence-corrected chi connectivity index (χ0v) is 28.1. The minimum absolute atomic E-state index is 0.00892. The Morgan fingerprint density at radius 2 is 1.53 bits per heavy atom. The Labute approximate surface area is 279 Å². The van der Waals surface area contributed by atoms with Crippen LogP contribution in [0.2, 0.25) is 0 Å². The zero-order valence-electron chi connectivity index (χ0n) is 28.1.